The van der Waals surface area contributed by atoms with Gasteiger partial charge in [-0.2, -0.15) is 0 Å². The van der Waals surface area contributed by atoms with Gasteiger partial charge in [0.2, 0.25) is 0 Å². The lowest BCUT2D eigenvalue weighted by Gasteiger charge is -2.02. The predicted molar refractivity (Wildman–Crippen MR) is 112 cm³/mol. The Labute approximate surface area is 153 Å². The van der Waals surface area contributed by atoms with Crippen LogP contribution in [0.1, 0.15) is 0 Å². The fourth-order valence-corrected chi connectivity index (χ4v) is 5.01. The Bertz CT molecular complexity index is 1420. The van der Waals surface area contributed by atoms with E-state index < -0.39 is 0 Å². The van der Waals surface area contributed by atoms with Gasteiger partial charge in [0.05, 0.1) is 11.0 Å². The van der Waals surface area contributed by atoms with Crippen LogP contribution in [0.5, 0.6) is 0 Å². The monoisotopic (exact) mass is 350 g/mol. The molecule has 122 valence electrons. The molecule has 0 bridgehead atoms. The zero-order valence-corrected chi connectivity index (χ0v) is 14.7. The number of benzene rings is 3. The van der Waals surface area contributed by atoms with Crippen LogP contribution >= 0.6 is 11.3 Å². The summed E-state index contributed by atoms with van der Waals surface area (Å²) in [6, 6.07) is 27.8. The molecule has 26 heavy (non-hydrogen) atoms. The average molecular weight is 350 g/mol. The summed E-state index contributed by atoms with van der Waals surface area (Å²) in [4.78, 5) is 9.64. The molecule has 0 atom stereocenters. The van der Waals surface area contributed by atoms with Gasteiger partial charge in [0.15, 0.2) is 0 Å². The van der Waals surface area contributed by atoms with Crippen molar-refractivity contribution in [2.45, 2.75) is 0 Å². The van der Waals surface area contributed by atoms with Gasteiger partial charge >= 0.3 is 0 Å². The summed E-state index contributed by atoms with van der Waals surface area (Å²) in [5.74, 6) is 0. The summed E-state index contributed by atoms with van der Waals surface area (Å²) < 4.78 is 1.30. The molecule has 3 heterocycles. The molecule has 6 aromatic rings. The van der Waals surface area contributed by atoms with Crippen LogP contribution in [0, 0.1) is 0 Å². The number of fused-ring (bicyclic) bond motifs is 6. The van der Waals surface area contributed by atoms with E-state index in [-0.39, 0.29) is 0 Å². The third-order valence-electron chi connectivity index (χ3n) is 5.03. The molecule has 0 amide bonds. The molecule has 0 spiro atoms. The molecule has 0 saturated carbocycles. The average Bonchev–Trinajstić information content (AvgIpc) is 3.24. The van der Waals surface area contributed by atoms with Crippen molar-refractivity contribution in [1.82, 2.24) is 9.97 Å². The Morgan fingerprint density at radius 2 is 1.50 bits per heavy atom. The topological polar surface area (TPSA) is 28.7 Å². The Kier molecular flexibility index (Phi) is 2.79. The van der Waals surface area contributed by atoms with Gasteiger partial charge in [0, 0.05) is 26.4 Å². The maximum atomic E-state index is 5.03. The minimum atomic E-state index is 1.06. The molecule has 0 aliphatic heterocycles. The summed E-state index contributed by atoms with van der Waals surface area (Å²) >= 11 is 1.78. The third-order valence-corrected chi connectivity index (χ3v) is 6.18. The molecule has 3 aromatic carbocycles. The first-order valence-corrected chi connectivity index (χ1v) is 9.48. The first-order chi connectivity index (χ1) is 12.9. The highest BCUT2D eigenvalue weighted by Crippen LogP contribution is 2.40. The minimum Gasteiger partial charge on any atom is -0.353 e. The fourth-order valence-electron chi connectivity index (χ4n) is 3.81. The van der Waals surface area contributed by atoms with Gasteiger partial charge in [-0.15, -0.1) is 11.3 Å². The Morgan fingerprint density at radius 1 is 0.692 bits per heavy atom. The second-order valence-electron chi connectivity index (χ2n) is 6.56. The van der Waals surface area contributed by atoms with Crippen molar-refractivity contribution in [2.24, 2.45) is 0 Å². The zero-order valence-electron chi connectivity index (χ0n) is 13.9. The number of aromatic amines is 1. The van der Waals surface area contributed by atoms with Crippen molar-refractivity contribution < 1.29 is 0 Å². The van der Waals surface area contributed by atoms with Crippen LogP contribution in [0.25, 0.3) is 53.4 Å². The molecule has 3 heteroatoms. The van der Waals surface area contributed by atoms with Gasteiger partial charge in [-0.05, 0) is 23.3 Å². The van der Waals surface area contributed by atoms with E-state index in [0.29, 0.717) is 0 Å². The van der Waals surface area contributed by atoms with Crippen LogP contribution < -0.4 is 0 Å². The molecule has 0 saturated heterocycles. The fraction of sp³-hybridized carbons (Fsp3) is 0. The third kappa shape index (κ3) is 1.89. The number of nitrogens with one attached hydrogen (secondary N) is 1. The summed E-state index contributed by atoms with van der Waals surface area (Å²) in [7, 11) is 0. The van der Waals surface area contributed by atoms with Crippen LogP contribution in [0.2, 0.25) is 0 Å². The van der Waals surface area contributed by atoms with Crippen molar-refractivity contribution in [2.75, 3.05) is 0 Å². The molecule has 0 fully saturated rings. The molecular formula is C23H14N2S. The number of rotatable bonds is 1. The smallest absolute Gasteiger partial charge is 0.125 e. The largest absolute Gasteiger partial charge is 0.353 e. The number of aromatic nitrogens is 2. The van der Waals surface area contributed by atoms with Crippen molar-refractivity contribution >= 4 is 53.6 Å². The molecular weight excluding hydrogens is 336 g/mol. The van der Waals surface area contributed by atoms with Gasteiger partial charge in [-0.3, -0.25) is 0 Å². The highest BCUT2D eigenvalue weighted by atomic mass is 32.1. The Hall–Kier alpha value is -3.17. The second-order valence-corrected chi connectivity index (χ2v) is 7.56. The number of para-hydroxylation sites is 1. The van der Waals surface area contributed by atoms with Crippen molar-refractivity contribution in [3.63, 3.8) is 0 Å². The van der Waals surface area contributed by atoms with Crippen LogP contribution in [0.15, 0.2) is 78.9 Å². The number of H-pyrrole nitrogens is 1. The van der Waals surface area contributed by atoms with E-state index in [4.69, 9.17) is 4.98 Å². The van der Waals surface area contributed by atoms with E-state index in [1.807, 2.05) is 0 Å². The summed E-state index contributed by atoms with van der Waals surface area (Å²) in [5, 5.41) is 3.69. The van der Waals surface area contributed by atoms with Gasteiger partial charge < -0.3 is 4.98 Å². The SMILES string of the molecule is c1ccc(-c2cccc3c2sc2nc4c(cc23)[nH]c2ccccc24)cc1. The summed E-state index contributed by atoms with van der Waals surface area (Å²) in [5.41, 5.74) is 5.83. The molecule has 0 radical (unpaired) electrons. The van der Waals surface area contributed by atoms with Crippen molar-refractivity contribution in [1.29, 1.82) is 0 Å². The van der Waals surface area contributed by atoms with Gasteiger partial charge in [-0.1, -0.05) is 66.7 Å². The van der Waals surface area contributed by atoms with E-state index >= 15 is 0 Å². The number of nitrogens with zero attached hydrogens (tertiary/aromatic N) is 1. The van der Waals surface area contributed by atoms with Gasteiger partial charge in [0.25, 0.3) is 0 Å². The van der Waals surface area contributed by atoms with Crippen molar-refractivity contribution in [3.8, 4) is 11.1 Å². The second kappa shape index (κ2) is 5.16. The number of hydrogen-bond acceptors (Lipinski definition) is 2. The van der Waals surface area contributed by atoms with Crippen LogP contribution in [-0.2, 0) is 0 Å². The van der Waals surface area contributed by atoms with E-state index in [1.54, 1.807) is 11.3 Å². The molecule has 3 aromatic heterocycles. The van der Waals surface area contributed by atoms with Crippen LogP contribution in [0.3, 0.4) is 0 Å². The summed E-state index contributed by atoms with van der Waals surface area (Å²) in [6.45, 7) is 0. The lowest BCUT2D eigenvalue weighted by atomic mass is 10.0. The zero-order chi connectivity index (χ0) is 17.1. The lowest BCUT2D eigenvalue weighted by molar-refractivity contribution is 1.52. The maximum absolute atomic E-state index is 5.03. The van der Waals surface area contributed by atoms with Crippen LogP contribution in [-0.4, -0.2) is 9.97 Å². The lowest BCUT2D eigenvalue weighted by Crippen LogP contribution is -1.77. The van der Waals surface area contributed by atoms with Gasteiger partial charge in [-0.25, -0.2) is 4.98 Å². The van der Waals surface area contributed by atoms with E-state index in [9.17, 15) is 0 Å². The standard InChI is InChI=1S/C23H14N2S/c1-2-7-14(8-3-1)15-10-6-11-16-18-13-20-21(25-23(18)26-22(15)16)17-9-4-5-12-19(17)24-20/h1-13,24H. The quantitative estimate of drug-likeness (QED) is 0.349. The summed E-state index contributed by atoms with van der Waals surface area (Å²) in [6.07, 6.45) is 0. The first-order valence-electron chi connectivity index (χ1n) is 8.66. The van der Waals surface area contributed by atoms with Crippen LogP contribution in [0.4, 0.5) is 0 Å². The van der Waals surface area contributed by atoms with E-state index in [2.05, 4.69) is 83.8 Å². The molecule has 0 aliphatic rings. The molecule has 2 nitrogen and oxygen atoms in total. The maximum Gasteiger partial charge on any atom is 0.125 e. The minimum absolute atomic E-state index is 1.06. The molecule has 0 aliphatic carbocycles. The van der Waals surface area contributed by atoms with E-state index in [0.717, 1.165) is 21.4 Å². The normalized spacial score (nSPS) is 11.8. The predicted octanol–water partition coefficient (Wildman–Crippen LogP) is 6.75. The number of thiophene rings is 1. The molecule has 6 rings (SSSR count). The Balaban J connectivity index is 1.73. The number of hydrogen-bond donors (Lipinski definition) is 1. The van der Waals surface area contributed by atoms with Gasteiger partial charge in [0.1, 0.15) is 4.83 Å². The van der Waals surface area contributed by atoms with Crippen molar-refractivity contribution in [3.05, 3.63) is 78.9 Å². The highest BCUT2D eigenvalue weighted by Gasteiger charge is 2.14. The molecule has 0 unspecified atom stereocenters. The first kappa shape index (κ1) is 14.0. The highest BCUT2D eigenvalue weighted by molar-refractivity contribution is 7.26. The Morgan fingerprint density at radius 3 is 2.42 bits per heavy atom. The number of pyridine rings is 1. The molecule has 1 N–H and O–H groups in total. The van der Waals surface area contributed by atoms with E-state index in [1.165, 1.54) is 32.0 Å².